The monoisotopic (exact) mass is 311 g/mol. The Labute approximate surface area is 116 Å². The first-order chi connectivity index (χ1) is 8.84. The Morgan fingerprint density at radius 2 is 1.89 bits per heavy atom. The van der Waals surface area contributed by atoms with Crippen molar-refractivity contribution in [3.8, 4) is 11.5 Å². The van der Waals surface area contributed by atoms with E-state index in [1.807, 2.05) is 0 Å². The van der Waals surface area contributed by atoms with Gasteiger partial charge in [0.1, 0.15) is 0 Å². The molecule has 0 saturated carbocycles. The first kappa shape index (κ1) is 12.3. The molecule has 0 bridgehead atoms. The molecule has 2 aliphatic rings. The predicted octanol–water partition coefficient (Wildman–Crippen LogP) is 3.08. The normalized spacial score (nSPS) is 20.5. The Balaban J connectivity index is 1.91. The molecule has 98 valence electrons. The summed E-state index contributed by atoms with van der Waals surface area (Å²) in [6.07, 6.45) is 3.35. The van der Waals surface area contributed by atoms with Gasteiger partial charge in [0.05, 0.1) is 17.7 Å². The molecule has 1 aromatic carbocycles. The summed E-state index contributed by atoms with van der Waals surface area (Å²) in [6, 6.07) is 4.37. The molecule has 0 radical (unpaired) electrons. The number of rotatable bonds is 1. The highest BCUT2D eigenvalue weighted by atomic mass is 79.9. The number of fused-ring (bicyclic) bond motifs is 1. The molecule has 3 rings (SSSR count). The molecule has 0 aromatic heterocycles. The van der Waals surface area contributed by atoms with E-state index in [0.29, 0.717) is 5.92 Å². The van der Waals surface area contributed by atoms with Crippen molar-refractivity contribution in [3.63, 3.8) is 0 Å². The smallest absolute Gasteiger partial charge is 0.175 e. The maximum absolute atomic E-state index is 5.79. The topological polar surface area (TPSA) is 30.5 Å². The number of piperidine rings is 1. The third-order valence-corrected chi connectivity index (χ3v) is 4.22. The zero-order valence-electron chi connectivity index (χ0n) is 10.4. The molecule has 0 unspecified atom stereocenters. The molecule has 1 N–H and O–H groups in total. The van der Waals surface area contributed by atoms with Crippen molar-refractivity contribution >= 4 is 15.9 Å². The number of benzene rings is 1. The second kappa shape index (κ2) is 5.49. The summed E-state index contributed by atoms with van der Waals surface area (Å²) in [4.78, 5) is 0. The maximum atomic E-state index is 5.79. The summed E-state index contributed by atoms with van der Waals surface area (Å²) < 4.78 is 12.6. The van der Waals surface area contributed by atoms with Crippen LogP contribution in [0, 0.1) is 0 Å². The van der Waals surface area contributed by atoms with Crippen molar-refractivity contribution in [1.29, 1.82) is 0 Å². The zero-order chi connectivity index (χ0) is 12.4. The summed E-state index contributed by atoms with van der Waals surface area (Å²) in [5.74, 6) is 2.40. The Morgan fingerprint density at radius 1 is 1.11 bits per heavy atom. The summed E-state index contributed by atoms with van der Waals surface area (Å²) >= 11 is 3.61. The van der Waals surface area contributed by atoms with Crippen LogP contribution in [0.1, 0.15) is 30.7 Å². The standard InChI is InChI=1S/C14H18BrNO2/c15-12-8-11(10-2-4-16-5-3-10)9-13-14(12)18-7-1-6-17-13/h8-10,16H,1-7H2. The minimum absolute atomic E-state index is 0.639. The largest absolute Gasteiger partial charge is 0.490 e. The van der Waals surface area contributed by atoms with Gasteiger partial charge in [-0.05, 0) is 65.5 Å². The van der Waals surface area contributed by atoms with E-state index in [9.17, 15) is 0 Å². The minimum atomic E-state index is 0.639. The predicted molar refractivity (Wildman–Crippen MR) is 74.6 cm³/mol. The molecular weight excluding hydrogens is 294 g/mol. The van der Waals surface area contributed by atoms with E-state index in [4.69, 9.17) is 9.47 Å². The number of hydrogen-bond acceptors (Lipinski definition) is 3. The second-order valence-electron chi connectivity index (χ2n) is 4.90. The molecule has 3 nitrogen and oxygen atoms in total. The van der Waals surface area contributed by atoms with E-state index in [-0.39, 0.29) is 0 Å². The second-order valence-corrected chi connectivity index (χ2v) is 5.76. The molecule has 1 aromatic rings. The zero-order valence-corrected chi connectivity index (χ0v) is 12.0. The average molecular weight is 312 g/mol. The van der Waals surface area contributed by atoms with Gasteiger partial charge >= 0.3 is 0 Å². The summed E-state index contributed by atoms with van der Waals surface area (Å²) in [5, 5.41) is 3.40. The van der Waals surface area contributed by atoms with E-state index in [1.54, 1.807) is 0 Å². The first-order valence-corrected chi connectivity index (χ1v) is 7.43. The van der Waals surface area contributed by atoms with Crippen LogP contribution in [-0.2, 0) is 0 Å². The van der Waals surface area contributed by atoms with Crippen molar-refractivity contribution in [2.24, 2.45) is 0 Å². The van der Waals surface area contributed by atoms with E-state index in [2.05, 4.69) is 33.4 Å². The highest BCUT2D eigenvalue weighted by Crippen LogP contribution is 2.41. The minimum Gasteiger partial charge on any atom is -0.490 e. The lowest BCUT2D eigenvalue weighted by molar-refractivity contribution is 0.296. The van der Waals surface area contributed by atoms with Crippen LogP contribution in [0.15, 0.2) is 16.6 Å². The van der Waals surface area contributed by atoms with Gasteiger partial charge in [0, 0.05) is 6.42 Å². The Hall–Kier alpha value is -0.740. The quantitative estimate of drug-likeness (QED) is 0.864. The van der Waals surface area contributed by atoms with Gasteiger partial charge in [-0.25, -0.2) is 0 Å². The fourth-order valence-electron chi connectivity index (χ4n) is 2.64. The number of ether oxygens (including phenoxy) is 2. The fourth-order valence-corrected chi connectivity index (χ4v) is 3.22. The van der Waals surface area contributed by atoms with E-state index >= 15 is 0 Å². The molecule has 2 heterocycles. The van der Waals surface area contributed by atoms with E-state index < -0.39 is 0 Å². The molecule has 0 amide bonds. The van der Waals surface area contributed by atoms with Crippen LogP contribution in [0.3, 0.4) is 0 Å². The maximum Gasteiger partial charge on any atom is 0.175 e. The van der Waals surface area contributed by atoms with Crippen LogP contribution in [0.2, 0.25) is 0 Å². The lowest BCUT2D eigenvalue weighted by Crippen LogP contribution is -2.26. The third-order valence-electron chi connectivity index (χ3n) is 3.64. The van der Waals surface area contributed by atoms with Crippen LogP contribution < -0.4 is 14.8 Å². The SMILES string of the molecule is Brc1cc(C2CCNCC2)cc2c1OCCCO2. The highest BCUT2D eigenvalue weighted by Gasteiger charge is 2.20. The van der Waals surface area contributed by atoms with E-state index in [0.717, 1.165) is 48.7 Å². The van der Waals surface area contributed by atoms with Crippen molar-refractivity contribution in [1.82, 2.24) is 5.32 Å². The summed E-state index contributed by atoms with van der Waals surface area (Å²) in [5.41, 5.74) is 1.37. The number of nitrogens with one attached hydrogen (secondary N) is 1. The lowest BCUT2D eigenvalue weighted by Gasteiger charge is -2.24. The Kier molecular flexibility index (Phi) is 3.75. The number of halogens is 1. The number of hydrogen-bond donors (Lipinski definition) is 1. The molecule has 18 heavy (non-hydrogen) atoms. The Morgan fingerprint density at radius 3 is 2.72 bits per heavy atom. The lowest BCUT2D eigenvalue weighted by atomic mass is 9.90. The molecule has 0 aliphatic carbocycles. The van der Waals surface area contributed by atoms with Gasteiger partial charge in [-0.1, -0.05) is 0 Å². The van der Waals surface area contributed by atoms with Crippen LogP contribution in [-0.4, -0.2) is 26.3 Å². The molecule has 0 spiro atoms. The van der Waals surface area contributed by atoms with Gasteiger partial charge in [0.15, 0.2) is 11.5 Å². The van der Waals surface area contributed by atoms with Crippen molar-refractivity contribution in [3.05, 3.63) is 22.2 Å². The Bertz CT molecular complexity index is 430. The fraction of sp³-hybridized carbons (Fsp3) is 0.571. The third kappa shape index (κ3) is 2.50. The van der Waals surface area contributed by atoms with Gasteiger partial charge in [-0.2, -0.15) is 0 Å². The highest BCUT2D eigenvalue weighted by molar-refractivity contribution is 9.10. The van der Waals surface area contributed by atoms with Gasteiger partial charge < -0.3 is 14.8 Å². The van der Waals surface area contributed by atoms with Gasteiger partial charge in [-0.15, -0.1) is 0 Å². The molecule has 2 aliphatic heterocycles. The van der Waals surface area contributed by atoms with Gasteiger partial charge in [-0.3, -0.25) is 0 Å². The van der Waals surface area contributed by atoms with Crippen LogP contribution in [0.4, 0.5) is 0 Å². The molecule has 0 atom stereocenters. The summed E-state index contributed by atoms with van der Waals surface area (Å²) in [7, 11) is 0. The van der Waals surface area contributed by atoms with Crippen molar-refractivity contribution in [2.75, 3.05) is 26.3 Å². The molecular formula is C14H18BrNO2. The average Bonchev–Trinajstić information content (AvgIpc) is 2.65. The van der Waals surface area contributed by atoms with Crippen molar-refractivity contribution < 1.29 is 9.47 Å². The van der Waals surface area contributed by atoms with Crippen LogP contribution in [0.5, 0.6) is 11.5 Å². The molecule has 4 heteroatoms. The van der Waals surface area contributed by atoms with Gasteiger partial charge in [0.25, 0.3) is 0 Å². The van der Waals surface area contributed by atoms with Crippen LogP contribution >= 0.6 is 15.9 Å². The first-order valence-electron chi connectivity index (χ1n) is 6.64. The van der Waals surface area contributed by atoms with E-state index in [1.165, 1.54) is 18.4 Å². The van der Waals surface area contributed by atoms with Gasteiger partial charge in [0.2, 0.25) is 0 Å². The van der Waals surface area contributed by atoms with Crippen LogP contribution in [0.25, 0.3) is 0 Å². The van der Waals surface area contributed by atoms with Crippen molar-refractivity contribution in [2.45, 2.75) is 25.2 Å². The molecule has 1 fully saturated rings. The summed E-state index contributed by atoms with van der Waals surface area (Å²) in [6.45, 7) is 3.70. The molecule has 1 saturated heterocycles.